The summed E-state index contributed by atoms with van der Waals surface area (Å²) < 4.78 is 6.44. The summed E-state index contributed by atoms with van der Waals surface area (Å²) in [6.45, 7) is 5.84. The van der Waals surface area contributed by atoms with E-state index in [0.717, 1.165) is 15.8 Å². The number of hydrogen-bond donors (Lipinski definition) is 2. The van der Waals surface area contributed by atoms with Gasteiger partial charge in [-0.3, -0.25) is 4.79 Å². The molecule has 0 saturated carbocycles. The summed E-state index contributed by atoms with van der Waals surface area (Å²) >= 11 is 3.42. The minimum absolute atomic E-state index is 0.00945. The maximum atomic E-state index is 11.6. The van der Waals surface area contributed by atoms with Crippen molar-refractivity contribution in [3.63, 3.8) is 0 Å². The maximum absolute atomic E-state index is 11.6. The summed E-state index contributed by atoms with van der Waals surface area (Å²) in [4.78, 5) is 11.6. The largest absolute Gasteiger partial charge is 0.481 e. The zero-order valence-corrected chi connectivity index (χ0v) is 14.0. The number of hydrogen-bond acceptors (Lipinski definition) is 3. The van der Waals surface area contributed by atoms with E-state index in [1.807, 2.05) is 18.2 Å². The van der Waals surface area contributed by atoms with Crippen LogP contribution >= 0.6 is 15.9 Å². The van der Waals surface area contributed by atoms with Crippen LogP contribution in [0.4, 0.5) is 0 Å². The average molecular weight is 353 g/mol. The van der Waals surface area contributed by atoms with E-state index in [0.29, 0.717) is 19.0 Å². The van der Waals surface area contributed by atoms with Crippen molar-refractivity contribution >= 4 is 21.8 Å². The molecule has 0 saturated heterocycles. The lowest BCUT2D eigenvalue weighted by Crippen LogP contribution is -2.35. The van der Waals surface area contributed by atoms with Crippen LogP contribution in [0.1, 0.15) is 19.4 Å². The molecule has 0 heterocycles. The minimum Gasteiger partial charge on any atom is -0.481 e. The Morgan fingerprint density at radius 2 is 2.24 bits per heavy atom. The first-order valence-corrected chi connectivity index (χ1v) is 7.64. The molecule has 0 bridgehead atoms. The number of nitrogens with one attached hydrogen (secondary N) is 2. The molecule has 1 rings (SSSR count). The van der Waals surface area contributed by atoms with Gasteiger partial charge in [0.1, 0.15) is 12.4 Å². The Morgan fingerprint density at radius 3 is 2.90 bits per heavy atom. The SMILES string of the molecule is C#CCOc1ccc(Br)cc1CNCC(=O)NCC(C)C. The second kappa shape index (κ2) is 9.43. The summed E-state index contributed by atoms with van der Waals surface area (Å²) in [7, 11) is 0. The topological polar surface area (TPSA) is 50.4 Å². The molecule has 0 atom stereocenters. The quantitative estimate of drug-likeness (QED) is 0.706. The fraction of sp³-hybridized carbons (Fsp3) is 0.438. The van der Waals surface area contributed by atoms with E-state index in [-0.39, 0.29) is 19.1 Å². The number of ether oxygens (including phenoxy) is 1. The second-order valence-corrected chi connectivity index (χ2v) is 5.96. The molecular weight excluding hydrogens is 332 g/mol. The molecule has 0 aliphatic heterocycles. The second-order valence-electron chi connectivity index (χ2n) is 5.05. The molecule has 5 heteroatoms. The van der Waals surface area contributed by atoms with E-state index in [9.17, 15) is 4.79 Å². The number of amides is 1. The molecule has 0 radical (unpaired) electrons. The smallest absolute Gasteiger partial charge is 0.233 e. The van der Waals surface area contributed by atoms with E-state index in [1.54, 1.807) is 0 Å². The van der Waals surface area contributed by atoms with Gasteiger partial charge in [-0.15, -0.1) is 6.42 Å². The highest BCUT2D eigenvalue weighted by Gasteiger charge is 2.06. The van der Waals surface area contributed by atoms with Crippen LogP contribution in [0.2, 0.25) is 0 Å². The molecule has 0 aliphatic rings. The molecule has 114 valence electrons. The number of halogens is 1. The Morgan fingerprint density at radius 1 is 1.48 bits per heavy atom. The van der Waals surface area contributed by atoms with Gasteiger partial charge in [-0.2, -0.15) is 0 Å². The fourth-order valence-corrected chi connectivity index (χ4v) is 2.05. The van der Waals surface area contributed by atoms with Crippen molar-refractivity contribution in [1.82, 2.24) is 10.6 Å². The van der Waals surface area contributed by atoms with Crippen molar-refractivity contribution in [3.05, 3.63) is 28.2 Å². The number of carbonyl (C=O) groups is 1. The van der Waals surface area contributed by atoms with Gasteiger partial charge < -0.3 is 15.4 Å². The zero-order chi connectivity index (χ0) is 15.7. The molecule has 1 amide bonds. The normalized spacial score (nSPS) is 10.2. The summed E-state index contributed by atoms with van der Waals surface area (Å²) in [6.07, 6.45) is 5.20. The van der Waals surface area contributed by atoms with E-state index < -0.39 is 0 Å². The molecule has 0 unspecified atom stereocenters. The number of benzene rings is 1. The molecule has 0 aliphatic carbocycles. The minimum atomic E-state index is -0.00945. The molecule has 1 aromatic rings. The number of rotatable bonds is 8. The van der Waals surface area contributed by atoms with Crippen LogP contribution in [0.25, 0.3) is 0 Å². The van der Waals surface area contributed by atoms with Gasteiger partial charge in [0.25, 0.3) is 0 Å². The zero-order valence-electron chi connectivity index (χ0n) is 12.4. The third-order valence-electron chi connectivity index (χ3n) is 2.64. The Labute approximate surface area is 134 Å². The third kappa shape index (κ3) is 7.16. The average Bonchev–Trinajstić information content (AvgIpc) is 2.44. The van der Waals surface area contributed by atoms with Crippen molar-refractivity contribution in [2.24, 2.45) is 5.92 Å². The first-order valence-electron chi connectivity index (χ1n) is 6.85. The summed E-state index contributed by atoms with van der Waals surface area (Å²) in [5, 5.41) is 5.96. The highest BCUT2D eigenvalue weighted by Crippen LogP contribution is 2.23. The van der Waals surface area contributed by atoms with Gasteiger partial charge in [-0.05, 0) is 24.1 Å². The van der Waals surface area contributed by atoms with Crippen LogP contribution in [0.5, 0.6) is 5.75 Å². The maximum Gasteiger partial charge on any atom is 0.233 e. The lowest BCUT2D eigenvalue weighted by atomic mass is 10.2. The van der Waals surface area contributed by atoms with Crippen molar-refractivity contribution in [2.45, 2.75) is 20.4 Å². The number of terminal acetylenes is 1. The van der Waals surface area contributed by atoms with Gasteiger partial charge in [-0.25, -0.2) is 0 Å². The molecular formula is C16H21BrN2O2. The van der Waals surface area contributed by atoms with E-state index in [1.165, 1.54) is 0 Å². The van der Waals surface area contributed by atoms with Gasteiger partial charge >= 0.3 is 0 Å². The van der Waals surface area contributed by atoms with Crippen molar-refractivity contribution in [3.8, 4) is 18.1 Å². The van der Waals surface area contributed by atoms with E-state index in [4.69, 9.17) is 11.2 Å². The van der Waals surface area contributed by atoms with Gasteiger partial charge in [-0.1, -0.05) is 35.7 Å². The molecule has 1 aromatic carbocycles. The van der Waals surface area contributed by atoms with Gasteiger partial charge in [0.2, 0.25) is 5.91 Å². The first kappa shape index (κ1) is 17.5. The van der Waals surface area contributed by atoms with Crippen LogP contribution in [0.3, 0.4) is 0 Å². The Kier molecular flexibility index (Phi) is 7.88. The molecule has 0 aromatic heterocycles. The Bertz CT molecular complexity index is 509. The predicted molar refractivity (Wildman–Crippen MR) is 88.0 cm³/mol. The van der Waals surface area contributed by atoms with Gasteiger partial charge in [0.15, 0.2) is 0 Å². The lowest BCUT2D eigenvalue weighted by molar-refractivity contribution is -0.120. The molecule has 4 nitrogen and oxygen atoms in total. The van der Waals surface area contributed by atoms with Crippen LogP contribution < -0.4 is 15.4 Å². The highest BCUT2D eigenvalue weighted by molar-refractivity contribution is 9.10. The molecule has 21 heavy (non-hydrogen) atoms. The van der Waals surface area contributed by atoms with Crippen molar-refractivity contribution in [1.29, 1.82) is 0 Å². The van der Waals surface area contributed by atoms with Crippen molar-refractivity contribution in [2.75, 3.05) is 19.7 Å². The van der Waals surface area contributed by atoms with Gasteiger partial charge in [0.05, 0.1) is 6.54 Å². The molecule has 0 spiro atoms. The van der Waals surface area contributed by atoms with E-state index in [2.05, 4.69) is 46.3 Å². The van der Waals surface area contributed by atoms with Crippen molar-refractivity contribution < 1.29 is 9.53 Å². The Hall–Kier alpha value is -1.51. The molecule has 0 fully saturated rings. The first-order chi connectivity index (χ1) is 10.0. The standard InChI is InChI=1S/C16H21BrN2O2/c1-4-7-21-15-6-5-14(17)8-13(15)10-18-11-16(20)19-9-12(2)3/h1,5-6,8,12,18H,7,9-11H2,2-3H3,(H,19,20). The summed E-state index contributed by atoms with van der Waals surface area (Å²) in [5.74, 6) is 3.61. The summed E-state index contributed by atoms with van der Waals surface area (Å²) in [5.41, 5.74) is 0.955. The van der Waals surface area contributed by atoms with Crippen LogP contribution in [0, 0.1) is 18.3 Å². The lowest BCUT2D eigenvalue weighted by Gasteiger charge is -2.12. The Balaban J connectivity index is 2.48. The van der Waals surface area contributed by atoms with Crippen LogP contribution in [-0.4, -0.2) is 25.6 Å². The highest BCUT2D eigenvalue weighted by atomic mass is 79.9. The number of carbonyl (C=O) groups excluding carboxylic acids is 1. The van der Waals surface area contributed by atoms with Crippen LogP contribution in [0.15, 0.2) is 22.7 Å². The third-order valence-corrected chi connectivity index (χ3v) is 3.14. The fourth-order valence-electron chi connectivity index (χ4n) is 1.64. The van der Waals surface area contributed by atoms with Crippen LogP contribution in [-0.2, 0) is 11.3 Å². The van der Waals surface area contributed by atoms with E-state index >= 15 is 0 Å². The molecule has 2 N–H and O–H groups in total. The summed E-state index contributed by atoms with van der Waals surface area (Å²) in [6, 6.07) is 5.70. The monoisotopic (exact) mass is 352 g/mol. The van der Waals surface area contributed by atoms with Gasteiger partial charge in [0, 0.05) is 23.1 Å². The predicted octanol–water partition coefficient (Wildman–Crippen LogP) is 2.32.